The Morgan fingerprint density at radius 2 is 1.96 bits per heavy atom. The molecule has 0 unspecified atom stereocenters. The lowest BCUT2D eigenvalue weighted by atomic mass is 9.54. The molecule has 2 nitrogen and oxygen atoms in total. The summed E-state index contributed by atoms with van der Waals surface area (Å²) in [5, 5.41) is 0. The van der Waals surface area contributed by atoms with E-state index in [-0.39, 0.29) is 5.41 Å². The minimum absolute atomic E-state index is 0.00692. The number of carbonyl (C=O) groups excluding carboxylic acids is 1. The van der Waals surface area contributed by atoms with E-state index in [1.54, 1.807) is 11.1 Å². The maximum Gasteiger partial charge on any atom is 0.139 e. The van der Waals surface area contributed by atoms with Crippen LogP contribution in [0.3, 0.4) is 0 Å². The molecule has 0 saturated heterocycles. The van der Waals surface area contributed by atoms with Crippen molar-refractivity contribution in [2.24, 2.45) is 23.2 Å². The molecule has 28 heavy (non-hydrogen) atoms. The van der Waals surface area contributed by atoms with Gasteiger partial charge in [0.25, 0.3) is 0 Å². The van der Waals surface area contributed by atoms with E-state index in [9.17, 15) is 4.79 Å². The van der Waals surface area contributed by atoms with Crippen LogP contribution in [0.1, 0.15) is 51.9 Å². The number of rotatable bonds is 2. The smallest absolute Gasteiger partial charge is 0.139 e. The van der Waals surface area contributed by atoms with E-state index in [1.165, 1.54) is 36.0 Å². The predicted molar refractivity (Wildman–Crippen MR) is 115 cm³/mol. The van der Waals surface area contributed by atoms with Crippen molar-refractivity contribution in [1.82, 2.24) is 4.90 Å². The molecule has 0 aliphatic heterocycles. The first-order valence-corrected chi connectivity index (χ1v) is 11.2. The highest BCUT2D eigenvalue weighted by molar-refractivity contribution is 5.87. The van der Waals surface area contributed by atoms with Crippen LogP contribution in [0, 0.1) is 23.2 Å². The normalized spacial score (nSPS) is 39.4. The second-order valence-electron chi connectivity index (χ2n) is 10.1. The summed E-state index contributed by atoms with van der Waals surface area (Å²) in [6.07, 6.45) is 19.8. The summed E-state index contributed by atoms with van der Waals surface area (Å²) in [5.41, 5.74) is 7.51. The van der Waals surface area contributed by atoms with Gasteiger partial charge in [-0.2, -0.15) is 0 Å². The highest BCUT2D eigenvalue weighted by Crippen LogP contribution is 2.60. The van der Waals surface area contributed by atoms with Crippen molar-refractivity contribution in [2.45, 2.75) is 51.9 Å². The van der Waals surface area contributed by atoms with Crippen molar-refractivity contribution in [3.05, 3.63) is 58.2 Å². The van der Waals surface area contributed by atoms with Crippen molar-refractivity contribution in [2.75, 3.05) is 20.6 Å². The van der Waals surface area contributed by atoms with Gasteiger partial charge >= 0.3 is 0 Å². The van der Waals surface area contributed by atoms with Gasteiger partial charge in [-0.3, -0.25) is 4.79 Å². The Labute approximate surface area is 169 Å². The third kappa shape index (κ3) is 2.84. The first-order chi connectivity index (χ1) is 13.5. The van der Waals surface area contributed by atoms with E-state index in [0.717, 1.165) is 38.1 Å². The molecule has 5 rings (SSSR count). The van der Waals surface area contributed by atoms with Crippen molar-refractivity contribution in [3.8, 4) is 0 Å². The molecule has 5 aliphatic carbocycles. The quantitative estimate of drug-likeness (QED) is 0.644. The molecule has 5 aliphatic rings. The zero-order chi connectivity index (χ0) is 19.5. The first kappa shape index (κ1) is 18.4. The molecular formula is C26H33NO. The molecule has 0 bridgehead atoms. The second-order valence-corrected chi connectivity index (χ2v) is 10.1. The Bertz CT molecular complexity index is 865. The zero-order valence-corrected chi connectivity index (χ0v) is 17.6. The number of likely N-dealkylation sites (N-methyl/N-ethyl adjacent to an activating group) is 1. The molecule has 2 heteroatoms. The van der Waals surface area contributed by atoms with Gasteiger partial charge < -0.3 is 4.90 Å². The Morgan fingerprint density at radius 1 is 1.11 bits per heavy atom. The fraction of sp³-hybridized carbons (Fsp3) is 0.577. The van der Waals surface area contributed by atoms with Gasteiger partial charge in [0.1, 0.15) is 5.78 Å². The summed E-state index contributed by atoms with van der Waals surface area (Å²) in [6, 6.07) is 0. The number of hydrogen-bond donors (Lipinski definition) is 0. The molecule has 0 radical (unpaired) electrons. The van der Waals surface area contributed by atoms with Gasteiger partial charge in [-0.25, -0.2) is 0 Å². The van der Waals surface area contributed by atoms with Gasteiger partial charge in [-0.05, 0) is 98.2 Å². The molecule has 0 heterocycles. The molecule has 0 aromatic rings. The summed E-state index contributed by atoms with van der Waals surface area (Å²) in [7, 11) is 4.26. The van der Waals surface area contributed by atoms with Crippen LogP contribution >= 0.6 is 0 Å². The average Bonchev–Trinajstić information content (AvgIpc) is 3.25. The van der Waals surface area contributed by atoms with Crippen LogP contribution in [0.25, 0.3) is 0 Å². The summed E-state index contributed by atoms with van der Waals surface area (Å²) >= 11 is 0. The fourth-order valence-corrected chi connectivity index (χ4v) is 6.84. The van der Waals surface area contributed by atoms with Gasteiger partial charge in [0.2, 0.25) is 0 Å². The number of hydrogen-bond acceptors (Lipinski definition) is 2. The van der Waals surface area contributed by atoms with E-state index < -0.39 is 0 Å². The number of allylic oxidation sites excluding steroid dienone is 8. The Hall–Kier alpha value is -1.67. The molecule has 0 spiro atoms. The number of fused-ring (bicyclic) bond motifs is 5. The van der Waals surface area contributed by atoms with E-state index in [0.29, 0.717) is 17.6 Å². The average molecular weight is 376 g/mol. The highest BCUT2D eigenvalue weighted by Gasteiger charge is 2.55. The maximum absolute atomic E-state index is 12.5. The number of Topliss-reactive ketones (excluding diaryl/α,β-unsaturated/α-hetero) is 1. The van der Waals surface area contributed by atoms with Gasteiger partial charge in [-0.1, -0.05) is 37.3 Å². The van der Waals surface area contributed by atoms with E-state index in [4.69, 9.17) is 0 Å². The topological polar surface area (TPSA) is 20.3 Å². The molecular weight excluding hydrogens is 342 g/mol. The van der Waals surface area contributed by atoms with Crippen LogP contribution < -0.4 is 0 Å². The number of nitrogens with zero attached hydrogens (tertiary/aromatic N) is 1. The lowest BCUT2D eigenvalue weighted by Gasteiger charge is -2.49. The maximum atomic E-state index is 12.5. The van der Waals surface area contributed by atoms with Crippen molar-refractivity contribution < 1.29 is 4.79 Å². The van der Waals surface area contributed by atoms with Crippen LogP contribution in [-0.2, 0) is 4.79 Å². The Kier molecular flexibility index (Phi) is 4.39. The summed E-state index contributed by atoms with van der Waals surface area (Å²) in [4.78, 5) is 14.8. The summed E-state index contributed by atoms with van der Waals surface area (Å²) in [5.74, 6) is 2.63. The zero-order valence-electron chi connectivity index (χ0n) is 17.6. The number of ketones is 1. The van der Waals surface area contributed by atoms with Crippen molar-refractivity contribution in [3.63, 3.8) is 0 Å². The van der Waals surface area contributed by atoms with E-state index in [1.807, 2.05) is 0 Å². The molecule has 0 aromatic carbocycles. The van der Waals surface area contributed by atoms with E-state index in [2.05, 4.69) is 56.3 Å². The van der Waals surface area contributed by atoms with Crippen LogP contribution in [-0.4, -0.2) is 31.3 Å². The molecule has 148 valence electrons. The minimum atomic E-state index is -0.00692. The van der Waals surface area contributed by atoms with Gasteiger partial charge in [-0.15, -0.1) is 0 Å². The molecule has 3 saturated carbocycles. The van der Waals surface area contributed by atoms with Crippen LogP contribution in [0.2, 0.25) is 0 Å². The second kappa shape index (κ2) is 6.69. The third-order valence-corrected chi connectivity index (χ3v) is 8.24. The molecule has 0 aromatic heterocycles. The number of carbonyl (C=O) groups is 1. The van der Waals surface area contributed by atoms with Crippen LogP contribution in [0.5, 0.6) is 0 Å². The van der Waals surface area contributed by atoms with Gasteiger partial charge in [0.15, 0.2) is 0 Å². The molecule has 3 fully saturated rings. The van der Waals surface area contributed by atoms with Gasteiger partial charge in [0.05, 0.1) is 0 Å². The molecule has 0 amide bonds. The molecule has 4 atom stereocenters. The van der Waals surface area contributed by atoms with Crippen LogP contribution in [0.4, 0.5) is 0 Å². The van der Waals surface area contributed by atoms with Crippen molar-refractivity contribution in [1.29, 1.82) is 0 Å². The highest BCUT2D eigenvalue weighted by atomic mass is 16.1. The van der Waals surface area contributed by atoms with Gasteiger partial charge in [0, 0.05) is 18.4 Å². The third-order valence-electron chi connectivity index (χ3n) is 8.24. The lowest BCUT2D eigenvalue weighted by molar-refractivity contribution is -0.129. The summed E-state index contributed by atoms with van der Waals surface area (Å²) in [6.45, 7) is 3.28. The fourth-order valence-electron chi connectivity index (χ4n) is 6.84. The Morgan fingerprint density at radius 3 is 2.79 bits per heavy atom. The van der Waals surface area contributed by atoms with Crippen LogP contribution in [0.15, 0.2) is 58.2 Å². The predicted octanol–water partition coefficient (Wildman–Crippen LogP) is 5.40. The first-order valence-electron chi connectivity index (χ1n) is 11.2. The monoisotopic (exact) mass is 375 g/mol. The minimum Gasteiger partial charge on any atom is -0.305 e. The molecule has 0 N–H and O–H groups in total. The Balaban J connectivity index is 1.39. The summed E-state index contributed by atoms with van der Waals surface area (Å²) < 4.78 is 0. The standard InChI is InChI=1S/C26H33NO/c1-26-13-12-22-21-8-6-19(18-5-4-17(14-18)16-27(2)3)15-20(21)7-9-23(22)24(26)10-11-25(26)28/h4-5,8,14-15,22-24H,6-7,9-13,16H2,1-3H3/b19-18-/t22-,23-,24+,26+/m1/s1. The van der Waals surface area contributed by atoms with E-state index >= 15 is 0 Å². The van der Waals surface area contributed by atoms with Crippen molar-refractivity contribution >= 4 is 5.78 Å². The lowest BCUT2D eigenvalue weighted by Crippen LogP contribution is -2.44. The SMILES string of the molecule is CN(C)CC1=C/C(=C2\C=C3CC[C@@H]4[C@H](CC[C@]5(C)C(=O)CC[C@@H]45)C3=CC2)C=C1. The largest absolute Gasteiger partial charge is 0.305 e.